The number of amides is 1. The first kappa shape index (κ1) is 13.0. The molecule has 0 aliphatic carbocycles. The number of benzene rings is 1. The maximum absolute atomic E-state index is 11.7. The van der Waals surface area contributed by atoms with E-state index in [0.29, 0.717) is 12.1 Å². The van der Waals surface area contributed by atoms with Gasteiger partial charge in [0.05, 0.1) is 5.69 Å². The average molecular weight is 286 g/mol. The minimum absolute atomic E-state index is 0.0638. The number of rotatable bonds is 2. The minimum atomic E-state index is -0.0964. The van der Waals surface area contributed by atoms with Crippen LogP contribution in [0.2, 0.25) is 0 Å². The van der Waals surface area contributed by atoms with Crippen molar-refractivity contribution in [2.24, 2.45) is 5.41 Å². The number of hydrogen-bond donors (Lipinski definition) is 2. The third-order valence-corrected chi connectivity index (χ3v) is 2.42. The van der Waals surface area contributed by atoms with Gasteiger partial charge >= 0.3 is 0 Å². The van der Waals surface area contributed by atoms with E-state index in [1.54, 1.807) is 12.1 Å². The lowest BCUT2D eigenvalue weighted by molar-refractivity contribution is -0.117. The second kappa shape index (κ2) is 4.87. The molecule has 0 aliphatic rings. The first-order valence-corrected chi connectivity index (χ1v) is 5.85. The van der Waals surface area contributed by atoms with E-state index in [-0.39, 0.29) is 17.1 Å². The molecule has 1 aromatic rings. The molecule has 0 saturated heterocycles. The topological polar surface area (TPSA) is 49.3 Å². The van der Waals surface area contributed by atoms with E-state index in [0.717, 1.165) is 4.47 Å². The van der Waals surface area contributed by atoms with Crippen molar-refractivity contribution >= 4 is 27.5 Å². The number of carbonyl (C=O) groups excluding carboxylic acids is 1. The molecule has 0 bridgehead atoms. The molecule has 0 saturated carbocycles. The lowest BCUT2D eigenvalue weighted by atomic mass is 9.92. The lowest BCUT2D eigenvalue weighted by Gasteiger charge is -2.17. The van der Waals surface area contributed by atoms with Gasteiger partial charge in [0.15, 0.2) is 0 Å². The molecule has 1 amide bonds. The normalized spacial score (nSPS) is 11.2. The summed E-state index contributed by atoms with van der Waals surface area (Å²) in [5.41, 5.74) is 0.370. The zero-order valence-corrected chi connectivity index (χ0v) is 11.3. The van der Waals surface area contributed by atoms with Gasteiger partial charge in [-0.3, -0.25) is 4.79 Å². The summed E-state index contributed by atoms with van der Waals surface area (Å²) in [5.74, 6) is -0.0219. The summed E-state index contributed by atoms with van der Waals surface area (Å²) in [6, 6.07) is 4.93. The van der Waals surface area contributed by atoms with Crippen molar-refractivity contribution in [3.05, 3.63) is 22.7 Å². The summed E-state index contributed by atoms with van der Waals surface area (Å²) in [6.45, 7) is 5.98. The number of carbonyl (C=O) groups is 1. The minimum Gasteiger partial charge on any atom is -0.506 e. The molecule has 0 atom stereocenters. The van der Waals surface area contributed by atoms with Crippen LogP contribution in [0.15, 0.2) is 22.7 Å². The van der Waals surface area contributed by atoms with E-state index in [1.807, 2.05) is 20.8 Å². The van der Waals surface area contributed by atoms with Crippen LogP contribution in [-0.2, 0) is 4.79 Å². The van der Waals surface area contributed by atoms with Crippen molar-refractivity contribution in [3.8, 4) is 5.75 Å². The predicted octanol–water partition coefficient (Wildman–Crippen LogP) is 3.53. The number of phenols is 1. The zero-order chi connectivity index (χ0) is 12.3. The quantitative estimate of drug-likeness (QED) is 0.817. The number of anilines is 1. The van der Waals surface area contributed by atoms with Crippen molar-refractivity contribution < 1.29 is 9.90 Å². The van der Waals surface area contributed by atoms with Crippen LogP contribution < -0.4 is 5.32 Å². The Bertz CT molecular complexity index is 396. The molecule has 88 valence electrons. The Morgan fingerprint density at radius 1 is 1.44 bits per heavy atom. The van der Waals surface area contributed by atoms with Gasteiger partial charge in [0, 0.05) is 10.9 Å². The first-order valence-electron chi connectivity index (χ1n) is 5.06. The molecule has 1 aromatic carbocycles. The van der Waals surface area contributed by atoms with Crippen molar-refractivity contribution in [2.75, 3.05) is 5.32 Å². The summed E-state index contributed by atoms with van der Waals surface area (Å²) < 4.78 is 0.816. The van der Waals surface area contributed by atoms with Crippen molar-refractivity contribution in [1.29, 1.82) is 0 Å². The van der Waals surface area contributed by atoms with Crippen LogP contribution in [0.25, 0.3) is 0 Å². The van der Waals surface area contributed by atoms with Crippen LogP contribution in [0.1, 0.15) is 27.2 Å². The highest BCUT2D eigenvalue weighted by atomic mass is 79.9. The Kier molecular flexibility index (Phi) is 3.97. The summed E-state index contributed by atoms with van der Waals surface area (Å²) in [5, 5.41) is 12.2. The lowest BCUT2D eigenvalue weighted by Crippen LogP contribution is -2.19. The molecule has 1 rings (SSSR count). The fourth-order valence-electron chi connectivity index (χ4n) is 1.28. The van der Waals surface area contributed by atoms with E-state index in [9.17, 15) is 9.90 Å². The molecular formula is C12H16BrNO2. The van der Waals surface area contributed by atoms with Gasteiger partial charge in [-0.1, -0.05) is 36.7 Å². The molecule has 0 aliphatic heterocycles. The molecular weight excluding hydrogens is 270 g/mol. The largest absolute Gasteiger partial charge is 0.506 e. The van der Waals surface area contributed by atoms with E-state index in [2.05, 4.69) is 21.2 Å². The standard InChI is InChI=1S/C12H16BrNO2/c1-12(2,3)7-11(16)14-9-6-8(13)4-5-10(9)15/h4-6,15H,7H2,1-3H3,(H,14,16). The number of aromatic hydroxyl groups is 1. The van der Waals surface area contributed by atoms with E-state index in [4.69, 9.17) is 0 Å². The van der Waals surface area contributed by atoms with Gasteiger partial charge in [-0.05, 0) is 23.6 Å². The monoisotopic (exact) mass is 285 g/mol. The Labute approximate surface area is 104 Å². The van der Waals surface area contributed by atoms with Crippen LogP contribution in [0.5, 0.6) is 5.75 Å². The van der Waals surface area contributed by atoms with E-state index in [1.165, 1.54) is 6.07 Å². The zero-order valence-electron chi connectivity index (χ0n) is 9.67. The van der Waals surface area contributed by atoms with Crippen molar-refractivity contribution in [3.63, 3.8) is 0 Å². The van der Waals surface area contributed by atoms with Gasteiger partial charge in [-0.2, -0.15) is 0 Å². The molecule has 0 radical (unpaired) electrons. The number of nitrogens with one attached hydrogen (secondary N) is 1. The van der Waals surface area contributed by atoms with Crippen LogP contribution in [-0.4, -0.2) is 11.0 Å². The van der Waals surface area contributed by atoms with Gasteiger partial charge in [0.2, 0.25) is 5.91 Å². The Morgan fingerprint density at radius 2 is 2.06 bits per heavy atom. The molecule has 0 heterocycles. The summed E-state index contributed by atoms with van der Waals surface area (Å²) in [6.07, 6.45) is 0.416. The van der Waals surface area contributed by atoms with E-state index < -0.39 is 0 Å². The highest BCUT2D eigenvalue weighted by Gasteiger charge is 2.16. The van der Waals surface area contributed by atoms with Crippen molar-refractivity contribution in [1.82, 2.24) is 0 Å². The van der Waals surface area contributed by atoms with Crippen LogP contribution in [0, 0.1) is 5.41 Å². The van der Waals surface area contributed by atoms with Crippen molar-refractivity contribution in [2.45, 2.75) is 27.2 Å². The van der Waals surface area contributed by atoms with E-state index >= 15 is 0 Å². The molecule has 16 heavy (non-hydrogen) atoms. The third-order valence-electron chi connectivity index (χ3n) is 1.92. The van der Waals surface area contributed by atoms with Crippen LogP contribution >= 0.6 is 15.9 Å². The van der Waals surface area contributed by atoms with Crippen LogP contribution in [0.4, 0.5) is 5.69 Å². The number of phenolic OH excluding ortho intramolecular Hbond substituents is 1. The highest BCUT2D eigenvalue weighted by molar-refractivity contribution is 9.10. The van der Waals surface area contributed by atoms with Gasteiger partial charge in [0.1, 0.15) is 5.75 Å². The smallest absolute Gasteiger partial charge is 0.224 e. The third kappa shape index (κ3) is 4.23. The molecule has 0 unspecified atom stereocenters. The maximum Gasteiger partial charge on any atom is 0.224 e. The first-order chi connectivity index (χ1) is 7.28. The van der Waals surface area contributed by atoms with Crippen LogP contribution in [0.3, 0.4) is 0 Å². The van der Waals surface area contributed by atoms with Gasteiger partial charge in [0.25, 0.3) is 0 Å². The molecule has 4 heteroatoms. The fourth-order valence-corrected chi connectivity index (χ4v) is 1.65. The molecule has 0 aromatic heterocycles. The fraction of sp³-hybridized carbons (Fsp3) is 0.417. The van der Waals surface area contributed by atoms with Gasteiger partial charge in [-0.25, -0.2) is 0 Å². The predicted molar refractivity (Wildman–Crippen MR) is 68.5 cm³/mol. The summed E-state index contributed by atoms with van der Waals surface area (Å²) in [7, 11) is 0. The Hall–Kier alpha value is -1.03. The Morgan fingerprint density at radius 3 is 2.62 bits per heavy atom. The second-order valence-electron chi connectivity index (χ2n) is 4.95. The molecule has 0 fully saturated rings. The van der Waals surface area contributed by atoms with Gasteiger partial charge < -0.3 is 10.4 Å². The second-order valence-corrected chi connectivity index (χ2v) is 5.86. The SMILES string of the molecule is CC(C)(C)CC(=O)Nc1cc(Br)ccc1O. The summed E-state index contributed by atoms with van der Waals surface area (Å²) in [4.78, 5) is 11.7. The molecule has 0 spiro atoms. The Balaban J connectivity index is 2.73. The molecule has 2 N–H and O–H groups in total. The maximum atomic E-state index is 11.7. The highest BCUT2D eigenvalue weighted by Crippen LogP contribution is 2.28. The molecule has 3 nitrogen and oxygen atoms in total. The van der Waals surface area contributed by atoms with Gasteiger partial charge in [-0.15, -0.1) is 0 Å². The summed E-state index contributed by atoms with van der Waals surface area (Å²) >= 11 is 3.29. The number of halogens is 1. The number of hydrogen-bond acceptors (Lipinski definition) is 2. The average Bonchev–Trinajstić information content (AvgIpc) is 2.08.